The molecule has 1 aromatic rings. The van der Waals surface area contributed by atoms with Crippen molar-refractivity contribution < 1.29 is 4.79 Å². The Morgan fingerprint density at radius 2 is 1.96 bits per heavy atom. The lowest BCUT2D eigenvalue weighted by molar-refractivity contribution is 0.0861. The number of carbonyl (C=O) groups excluding carboxylic acids is 1. The second-order valence-electron chi connectivity index (χ2n) is 7.11. The van der Waals surface area contributed by atoms with Crippen LogP contribution >= 0.6 is 0 Å². The molecule has 0 aromatic carbocycles. The van der Waals surface area contributed by atoms with Crippen molar-refractivity contribution in [3.63, 3.8) is 0 Å². The number of likely N-dealkylation sites (tertiary alicyclic amines) is 1. The summed E-state index contributed by atoms with van der Waals surface area (Å²) in [7, 11) is 1.35. The second kappa shape index (κ2) is 7.79. The number of piperidine rings is 1. The van der Waals surface area contributed by atoms with E-state index in [1.807, 2.05) is 0 Å². The molecule has 134 valence electrons. The van der Waals surface area contributed by atoms with Gasteiger partial charge in [-0.15, -0.1) is 0 Å². The predicted molar refractivity (Wildman–Crippen MR) is 93.2 cm³/mol. The van der Waals surface area contributed by atoms with Gasteiger partial charge >= 0.3 is 5.69 Å². The number of amides is 1. The van der Waals surface area contributed by atoms with Crippen LogP contribution < -0.4 is 16.6 Å². The molecule has 0 unspecified atom stereocenters. The van der Waals surface area contributed by atoms with Crippen LogP contribution in [-0.2, 0) is 7.05 Å². The molecular weight excluding hydrogens is 308 g/mol. The molecular formula is C17H28N4O3. The number of H-pyrrole nitrogens is 1. The van der Waals surface area contributed by atoms with E-state index in [0.29, 0.717) is 12.5 Å². The van der Waals surface area contributed by atoms with Gasteiger partial charge in [0.05, 0.1) is 0 Å². The summed E-state index contributed by atoms with van der Waals surface area (Å²) in [4.78, 5) is 40.5. The van der Waals surface area contributed by atoms with Crippen LogP contribution in [0.5, 0.6) is 0 Å². The molecule has 0 radical (unpaired) electrons. The number of carbonyl (C=O) groups is 1. The number of aromatic nitrogens is 2. The highest BCUT2D eigenvalue weighted by atomic mass is 16.2. The predicted octanol–water partition coefficient (Wildman–Crippen LogP) is 0.560. The Hall–Kier alpha value is -1.89. The molecule has 7 nitrogen and oxygen atoms in total. The van der Waals surface area contributed by atoms with Crippen molar-refractivity contribution in [2.24, 2.45) is 18.9 Å². The molecule has 1 saturated heterocycles. The van der Waals surface area contributed by atoms with E-state index in [2.05, 4.69) is 36.0 Å². The third-order valence-corrected chi connectivity index (χ3v) is 4.95. The van der Waals surface area contributed by atoms with Crippen molar-refractivity contribution in [3.8, 4) is 0 Å². The van der Waals surface area contributed by atoms with Gasteiger partial charge in [-0.25, -0.2) is 4.79 Å². The number of nitrogens with zero attached hydrogens (tertiary/aromatic N) is 2. The highest BCUT2D eigenvalue weighted by molar-refractivity contribution is 5.93. The first-order valence-electron chi connectivity index (χ1n) is 8.62. The first-order chi connectivity index (χ1) is 11.3. The highest BCUT2D eigenvalue weighted by Gasteiger charge is 2.26. The Balaban J connectivity index is 2.04. The van der Waals surface area contributed by atoms with Gasteiger partial charge in [-0.1, -0.05) is 20.8 Å². The fourth-order valence-electron chi connectivity index (χ4n) is 3.17. The molecule has 2 rings (SSSR count). The quantitative estimate of drug-likeness (QED) is 0.822. The zero-order chi connectivity index (χ0) is 17.9. The summed E-state index contributed by atoms with van der Waals surface area (Å²) in [5.74, 6) is 0.716. The summed E-state index contributed by atoms with van der Waals surface area (Å²) in [6.07, 6.45) is 3.54. The zero-order valence-corrected chi connectivity index (χ0v) is 15.0. The smallest absolute Gasteiger partial charge is 0.328 e. The van der Waals surface area contributed by atoms with Gasteiger partial charge < -0.3 is 10.3 Å². The first-order valence-corrected chi connectivity index (χ1v) is 8.62. The van der Waals surface area contributed by atoms with E-state index in [-0.39, 0.29) is 11.6 Å². The molecule has 0 spiro atoms. The molecule has 1 aliphatic heterocycles. The molecule has 1 atom stereocenters. The summed E-state index contributed by atoms with van der Waals surface area (Å²) in [6.45, 7) is 9.14. The molecule has 0 saturated carbocycles. The Morgan fingerprint density at radius 1 is 1.33 bits per heavy atom. The van der Waals surface area contributed by atoms with Crippen LogP contribution in [0.15, 0.2) is 15.8 Å². The third kappa shape index (κ3) is 4.14. The number of aromatic amines is 1. The molecule has 2 heterocycles. The van der Waals surface area contributed by atoms with Gasteiger partial charge in [-0.2, -0.15) is 0 Å². The van der Waals surface area contributed by atoms with Crippen molar-refractivity contribution in [2.75, 3.05) is 19.6 Å². The molecule has 7 heteroatoms. The lowest BCUT2D eigenvalue weighted by Crippen LogP contribution is -2.50. The fourth-order valence-corrected chi connectivity index (χ4v) is 3.17. The first kappa shape index (κ1) is 18.4. The van der Waals surface area contributed by atoms with E-state index in [1.165, 1.54) is 26.1 Å². The summed E-state index contributed by atoms with van der Waals surface area (Å²) in [6, 6.07) is 0.244. The van der Waals surface area contributed by atoms with Gasteiger partial charge in [0.1, 0.15) is 5.56 Å². The van der Waals surface area contributed by atoms with Crippen molar-refractivity contribution in [2.45, 2.75) is 39.7 Å². The summed E-state index contributed by atoms with van der Waals surface area (Å²) < 4.78 is 0.904. The minimum atomic E-state index is -0.579. The maximum atomic E-state index is 12.3. The van der Waals surface area contributed by atoms with Gasteiger partial charge in [-0.3, -0.25) is 19.1 Å². The standard InChI is InChI=1S/C17H28N4O3/c1-11(2)14(21-7-5-12(3)6-8-21)10-18-15(22)13-9-19-17(24)20(4)16(13)23/h9,11-12,14H,5-8,10H2,1-4H3,(H,18,22)(H,19,24)/t14-/m1/s1. The molecule has 0 bridgehead atoms. The van der Waals surface area contributed by atoms with Gasteiger partial charge in [-0.05, 0) is 37.8 Å². The summed E-state index contributed by atoms with van der Waals surface area (Å²) in [5, 5.41) is 2.86. The van der Waals surface area contributed by atoms with Crippen LogP contribution in [0.3, 0.4) is 0 Å². The SMILES string of the molecule is CC1CCN([C@H](CNC(=O)c2c[nH]c(=O)n(C)c2=O)C(C)C)CC1. The van der Waals surface area contributed by atoms with Crippen LogP contribution in [0.1, 0.15) is 44.0 Å². The van der Waals surface area contributed by atoms with E-state index in [1.54, 1.807) is 0 Å². The molecule has 2 N–H and O–H groups in total. The number of hydrogen-bond acceptors (Lipinski definition) is 4. The second-order valence-corrected chi connectivity index (χ2v) is 7.11. The van der Waals surface area contributed by atoms with Gasteiger partial charge in [0.2, 0.25) is 0 Å². The molecule has 1 aromatic heterocycles. The van der Waals surface area contributed by atoms with Crippen LogP contribution in [0.4, 0.5) is 0 Å². The van der Waals surface area contributed by atoms with Gasteiger partial charge in [0.15, 0.2) is 0 Å². The highest BCUT2D eigenvalue weighted by Crippen LogP contribution is 2.21. The van der Waals surface area contributed by atoms with Crippen molar-refractivity contribution in [1.29, 1.82) is 0 Å². The fraction of sp³-hybridized carbons (Fsp3) is 0.706. The molecule has 1 amide bonds. The topological polar surface area (TPSA) is 87.2 Å². The Bertz CT molecular complexity index is 684. The average molecular weight is 336 g/mol. The van der Waals surface area contributed by atoms with E-state index in [9.17, 15) is 14.4 Å². The number of rotatable bonds is 5. The summed E-state index contributed by atoms with van der Waals surface area (Å²) in [5.41, 5.74) is -1.14. The largest absolute Gasteiger partial charge is 0.350 e. The molecule has 1 aliphatic rings. The Morgan fingerprint density at radius 3 is 2.54 bits per heavy atom. The zero-order valence-electron chi connectivity index (χ0n) is 15.0. The van der Waals surface area contributed by atoms with E-state index in [0.717, 1.165) is 23.6 Å². The maximum absolute atomic E-state index is 12.3. The number of nitrogens with one attached hydrogen (secondary N) is 2. The minimum absolute atomic E-state index is 0.0353. The van der Waals surface area contributed by atoms with Gasteiger partial charge in [0.25, 0.3) is 11.5 Å². The lowest BCUT2D eigenvalue weighted by Gasteiger charge is -2.38. The summed E-state index contributed by atoms with van der Waals surface area (Å²) >= 11 is 0. The molecule has 24 heavy (non-hydrogen) atoms. The van der Waals surface area contributed by atoms with Crippen molar-refractivity contribution >= 4 is 5.91 Å². The van der Waals surface area contributed by atoms with Crippen molar-refractivity contribution in [3.05, 3.63) is 32.6 Å². The van der Waals surface area contributed by atoms with E-state index in [4.69, 9.17) is 0 Å². The van der Waals surface area contributed by atoms with Gasteiger partial charge in [0, 0.05) is 25.8 Å². The molecule has 0 aliphatic carbocycles. The van der Waals surface area contributed by atoms with Crippen LogP contribution in [0.25, 0.3) is 0 Å². The Kier molecular flexibility index (Phi) is 5.99. The van der Waals surface area contributed by atoms with Crippen molar-refractivity contribution in [1.82, 2.24) is 19.8 Å². The Labute approximate surface area is 142 Å². The maximum Gasteiger partial charge on any atom is 0.328 e. The van der Waals surface area contributed by atoms with Crippen LogP contribution in [-0.4, -0.2) is 46.0 Å². The van der Waals surface area contributed by atoms with Crippen LogP contribution in [0.2, 0.25) is 0 Å². The molecule has 1 fully saturated rings. The van der Waals surface area contributed by atoms with E-state index >= 15 is 0 Å². The van der Waals surface area contributed by atoms with E-state index < -0.39 is 17.2 Å². The third-order valence-electron chi connectivity index (χ3n) is 4.95. The van der Waals surface area contributed by atoms with Crippen LogP contribution in [0, 0.1) is 11.8 Å². The minimum Gasteiger partial charge on any atom is -0.350 e. The number of hydrogen-bond donors (Lipinski definition) is 2. The normalized spacial score (nSPS) is 17.9. The lowest BCUT2D eigenvalue weighted by atomic mass is 9.94. The average Bonchev–Trinajstić information content (AvgIpc) is 2.54. The monoisotopic (exact) mass is 336 g/mol.